The molecule has 1 N–H and O–H groups in total. The first-order chi connectivity index (χ1) is 20.2. The molecule has 0 bridgehead atoms. The third-order valence-electron chi connectivity index (χ3n) is 5.94. The van der Waals surface area contributed by atoms with Gasteiger partial charge in [-0.1, -0.05) is 30.3 Å². The molecule has 12 heteroatoms. The highest BCUT2D eigenvalue weighted by Gasteiger charge is 2.36. The van der Waals surface area contributed by atoms with Crippen LogP contribution < -0.4 is 14.8 Å². The molecule has 0 saturated carbocycles. The van der Waals surface area contributed by atoms with Crippen molar-refractivity contribution in [1.29, 1.82) is 0 Å². The number of rotatable bonds is 12. The van der Waals surface area contributed by atoms with Crippen LogP contribution in [0.15, 0.2) is 78.2 Å². The van der Waals surface area contributed by atoms with Gasteiger partial charge in [-0.2, -0.15) is 0 Å². The lowest BCUT2D eigenvalue weighted by atomic mass is 10.0. The van der Waals surface area contributed by atoms with E-state index in [4.69, 9.17) is 9.47 Å². The van der Waals surface area contributed by atoms with Crippen LogP contribution in [0.2, 0.25) is 0 Å². The molecule has 1 saturated heterocycles. The number of hydrogen-bond acceptors (Lipinski definition) is 8. The molecule has 0 aliphatic carbocycles. The highest BCUT2D eigenvalue weighted by atomic mass is 32.2. The molecule has 1 aliphatic heterocycles. The predicted molar refractivity (Wildman–Crippen MR) is 157 cm³/mol. The van der Waals surface area contributed by atoms with Gasteiger partial charge in [-0.15, -0.1) is 6.58 Å². The molecule has 1 fully saturated rings. The summed E-state index contributed by atoms with van der Waals surface area (Å²) in [6.45, 7) is 5.35. The quantitative estimate of drug-likeness (QED) is 0.116. The van der Waals surface area contributed by atoms with Crippen molar-refractivity contribution in [2.75, 3.05) is 18.5 Å². The second-order valence-electron chi connectivity index (χ2n) is 8.94. The minimum Gasteiger partial charge on any atom is -0.490 e. The number of thioether (sulfide) groups is 1. The molecule has 0 unspecified atom stereocenters. The maximum absolute atomic E-state index is 13.9. The molecule has 3 amide bonds. The number of imide groups is 1. The molecule has 1 heterocycles. The Bertz CT molecular complexity index is 1590. The van der Waals surface area contributed by atoms with Crippen LogP contribution in [0.25, 0.3) is 6.08 Å². The van der Waals surface area contributed by atoms with Crippen molar-refractivity contribution in [3.8, 4) is 11.5 Å². The molecule has 0 spiro atoms. The third-order valence-corrected chi connectivity index (χ3v) is 6.85. The molecule has 1 aliphatic rings. The fourth-order valence-corrected chi connectivity index (χ4v) is 4.94. The van der Waals surface area contributed by atoms with Crippen LogP contribution in [-0.4, -0.2) is 40.0 Å². The van der Waals surface area contributed by atoms with Gasteiger partial charge in [-0.05, 0) is 66.6 Å². The largest absolute Gasteiger partial charge is 0.490 e. The maximum atomic E-state index is 13.9. The number of nitrogens with zero attached hydrogens (tertiary/aromatic N) is 2. The van der Waals surface area contributed by atoms with Gasteiger partial charge in [0.1, 0.15) is 19.0 Å². The van der Waals surface area contributed by atoms with E-state index in [0.717, 1.165) is 4.90 Å². The lowest BCUT2D eigenvalue weighted by molar-refractivity contribution is -0.384. The zero-order valence-corrected chi connectivity index (χ0v) is 23.3. The Morgan fingerprint density at radius 1 is 1.14 bits per heavy atom. The van der Waals surface area contributed by atoms with Crippen LogP contribution in [0.4, 0.5) is 20.6 Å². The fourth-order valence-electron chi connectivity index (χ4n) is 4.10. The fraction of sp³-hybridized carbons (Fsp3) is 0.167. The van der Waals surface area contributed by atoms with Gasteiger partial charge in [0.2, 0.25) is 5.91 Å². The first kappa shape index (κ1) is 30.0. The lowest BCUT2D eigenvalue weighted by Crippen LogP contribution is -2.36. The summed E-state index contributed by atoms with van der Waals surface area (Å²) < 4.78 is 25.8. The van der Waals surface area contributed by atoms with Gasteiger partial charge in [0.25, 0.3) is 16.8 Å². The molecule has 10 nitrogen and oxygen atoms in total. The molecule has 4 rings (SSSR count). The first-order valence-corrected chi connectivity index (χ1v) is 13.6. The number of nitro groups is 1. The minimum absolute atomic E-state index is 0.0408. The average molecular weight is 592 g/mol. The average Bonchev–Trinajstić information content (AvgIpc) is 3.21. The van der Waals surface area contributed by atoms with Gasteiger partial charge < -0.3 is 14.8 Å². The highest BCUT2D eigenvalue weighted by molar-refractivity contribution is 8.18. The maximum Gasteiger partial charge on any atom is 0.294 e. The van der Waals surface area contributed by atoms with Gasteiger partial charge in [0, 0.05) is 17.7 Å². The Labute approximate surface area is 245 Å². The van der Waals surface area contributed by atoms with Gasteiger partial charge in [-0.3, -0.25) is 29.4 Å². The van der Waals surface area contributed by atoms with Crippen LogP contribution in [0.3, 0.4) is 0 Å². The van der Waals surface area contributed by atoms with Crippen LogP contribution in [0.5, 0.6) is 11.5 Å². The smallest absolute Gasteiger partial charge is 0.294 e. The molecule has 0 aromatic heterocycles. The normalized spacial score (nSPS) is 13.8. The molecule has 3 aromatic carbocycles. The van der Waals surface area contributed by atoms with Crippen molar-refractivity contribution in [2.24, 2.45) is 0 Å². The molecule has 3 aromatic rings. The van der Waals surface area contributed by atoms with Gasteiger partial charge in [0.15, 0.2) is 11.5 Å². The first-order valence-electron chi connectivity index (χ1n) is 12.8. The Kier molecular flexibility index (Phi) is 9.71. The summed E-state index contributed by atoms with van der Waals surface area (Å²) in [5, 5.41) is 12.9. The monoisotopic (exact) mass is 591 g/mol. The number of amides is 3. The van der Waals surface area contributed by atoms with Crippen molar-refractivity contribution in [1.82, 2.24) is 4.90 Å². The highest BCUT2D eigenvalue weighted by Crippen LogP contribution is 2.38. The van der Waals surface area contributed by atoms with Crippen molar-refractivity contribution in [2.45, 2.75) is 20.0 Å². The predicted octanol–water partition coefficient (Wildman–Crippen LogP) is 6.12. The van der Waals surface area contributed by atoms with Crippen LogP contribution in [0, 0.1) is 15.9 Å². The molecule has 0 atom stereocenters. The molecule has 42 heavy (non-hydrogen) atoms. The van der Waals surface area contributed by atoms with Crippen molar-refractivity contribution >= 4 is 46.3 Å². The molecule has 0 radical (unpaired) electrons. The van der Waals surface area contributed by atoms with E-state index in [2.05, 4.69) is 11.9 Å². The zero-order chi connectivity index (χ0) is 30.2. The minimum atomic E-state index is -0.721. The Morgan fingerprint density at radius 2 is 1.93 bits per heavy atom. The van der Waals surface area contributed by atoms with Crippen LogP contribution >= 0.6 is 11.8 Å². The topological polar surface area (TPSA) is 128 Å². The third kappa shape index (κ3) is 7.21. The summed E-state index contributed by atoms with van der Waals surface area (Å²) >= 11 is 0.679. The summed E-state index contributed by atoms with van der Waals surface area (Å²) in [4.78, 5) is 49.6. The number of nitro benzene ring substituents is 1. The number of anilines is 1. The summed E-state index contributed by atoms with van der Waals surface area (Å²) in [7, 11) is 0. The van der Waals surface area contributed by atoms with E-state index in [1.54, 1.807) is 43.3 Å². The number of hydrogen-bond donors (Lipinski definition) is 1. The van der Waals surface area contributed by atoms with Crippen molar-refractivity contribution in [3.63, 3.8) is 0 Å². The molecular weight excluding hydrogens is 565 g/mol. The number of carbonyl (C=O) groups excluding carboxylic acids is 3. The number of allylic oxidation sites excluding steroid dienone is 1. The Hall–Kier alpha value is -4.97. The second-order valence-corrected chi connectivity index (χ2v) is 9.94. The summed E-state index contributed by atoms with van der Waals surface area (Å²) in [5.41, 5.74) is 1.70. The number of non-ortho nitro benzene ring substituents is 1. The Morgan fingerprint density at radius 3 is 2.64 bits per heavy atom. The van der Waals surface area contributed by atoms with Gasteiger partial charge in [0.05, 0.1) is 22.1 Å². The van der Waals surface area contributed by atoms with Crippen LogP contribution in [-0.2, 0) is 22.6 Å². The van der Waals surface area contributed by atoms with Gasteiger partial charge >= 0.3 is 0 Å². The van der Waals surface area contributed by atoms with E-state index in [9.17, 15) is 28.9 Å². The van der Waals surface area contributed by atoms with Crippen molar-refractivity contribution < 1.29 is 33.2 Å². The number of carbonyl (C=O) groups is 3. The number of halogens is 1. The van der Waals surface area contributed by atoms with E-state index in [0.29, 0.717) is 53.0 Å². The van der Waals surface area contributed by atoms with E-state index in [1.165, 1.54) is 36.4 Å². The second kappa shape index (κ2) is 13.6. The molecular formula is C30H26FN3O7S. The van der Waals surface area contributed by atoms with E-state index < -0.39 is 34.3 Å². The van der Waals surface area contributed by atoms with E-state index in [-0.39, 0.29) is 22.9 Å². The van der Waals surface area contributed by atoms with E-state index >= 15 is 0 Å². The molecule has 216 valence electrons. The SMILES string of the molecule is C=CCc1cc(/C=C2\SC(=O)N(CC(=O)Nc3ccccc3F)C2=O)cc(OCC)c1OCc1cccc([N+](=O)[O-])c1. The number of ether oxygens (including phenoxy) is 2. The van der Waals surface area contributed by atoms with Crippen LogP contribution in [0.1, 0.15) is 23.6 Å². The van der Waals surface area contributed by atoms with E-state index in [1.807, 2.05) is 0 Å². The standard InChI is InChI=1S/C30H26FN3O7S/c1-3-8-21-13-20(15-25(40-4-2)28(21)41-18-19-9-7-10-22(14-19)34(38)39)16-26-29(36)33(30(37)42-26)17-27(35)32-24-12-6-5-11-23(24)31/h3,5-7,9-16H,1,4,8,17-18H2,2H3,(H,32,35)/b26-16-. The summed E-state index contributed by atoms with van der Waals surface area (Å²) in [6, 6.07) is 15.1. The lowest BCUT2D eigenvalue weighted by Gasteiger charge is -2.17. The van der Waals surface area contributed by atoms with Gasteiger partial charge in [-0.25, -0.2) is 4.39 Å². The number of nitrogens with one attached hydrogen (secondary N) is 1. The number of para-hydroxylation sites is 1. The Balaban J connectivity index is 1.56. The summed E-state index contributed by atoms with van der Waals surface area (Å²) in [5.74, 6) is -1.24. The van der Waals surface area contributed by atoms with Crippen molar-refractivity contribution in [3.05, 3.63) is 111 Å². The summed E-state index contributed by atoms with van der Waals surface area (Å²) in [6.07, 6.45) is 3.56. The zero-order valence-electron chi connectivity index (χ0n) is 22.5. The number of benzene rings is 3.